The van der Waals surface area contributed by atoms with Crippen LogP contribution in [-0.4, -0.2) is 79.6 Å². The van der Waals surface area contributed by atoms with Crippen molar-refractivity contribution in [3.05, 3.63) is 16.3 Å². The minimum atomic E-state index is -3.02. The van der Waals surface area contributed by atoms with E-state index >= 15 is 0 Å². The molecule has 2 aromatic rings. The van der Waals surface area contributed by atoms with Crippen LogP contribution in [0.5, 0.6) is 0 Å². The fraction of sp³-hybridized carbons (Fsp3) is 0.650. The number of hydrogen-bond donors (Lipinski definition) is 2. The highest BCUT2D eigenvalue weighted by Crippen LogP contribution is 2.39. The fourth-order valence-corrected chi connectivity index (χ4v) is 7.50. The number of carbonyl (C=O) groups excluding carboxylic acids is 1. The Kier molecular flexibility index (Phi) is 5.84. The zero-order valence-electron chi connectivity index (χ0n) is 17.4. The zero-order chi connectivity index (χ0) is 21.4. The zero-order valence-corrected chi connectivity index (χ0v) is 19.0. The summed E-state index contributed by atoms with van der Waals surface area (Å²) < 4.78 is 28.7. The molecule has 11 heteroatoms. The van der Waals surface area contributed by atoms with Gasteiger partial charge in [-0.25, -0.2) is 18.4 Å². The lowest BCUT2D eigenvalue weighted by Gasteiger charge is -2.25. The van der Waals surface area contributed by atoms with E-state index in [1.807, 2.05) is 0 Å². The molecular formula is C20H27N5O4S2. The third-order valence-corrected chi connectivity index (χ3v) is 9.05. The number of thiophene rings is 1. The lowest BCUT2D eigenvalue weighted by molar-refractivity contribution is -0.119. The quantitative estimate of drug-likeness (QED) is 0.642. The van der Waals surface area contributed by atoms with E-state index in [9.17, 15) is 13.2 Å². The number of aryl methyl sites for hydroxylation is 2. The first kappa shape index (κ1) is 21.0. The summed E-state index contributed by atoms with van der Waals surface area (Å²) in [5.41, 5.74) is 1.31. The molecule has 4 heterocycles. The van der Waals surface area contributed by atoms with Crippen LogP contribution in [0.15, 0.2) is 0 Å². The number of sulfone groups is 1. The van der Waals surface area contributed by atoms with Crippen LogP contribution < -0.4 is 10.6 Å². The summed E-state index contributed by atoms with van der Waals surface area (Å²) in [7, 11) is -3.02. The maximum atomic E-state index is 12.5. The number of carbonyl (C=O) groups is 1. The molecule has 5 rings (SSSR count). The topological polar surface area (TPSA) is 114 Å². The summed E-state index contributed by atoms with van der Waals surface area (Å²) in [6, 6.07) is -0.299. The maximum Gasteiger partial charge on any atom is 0.239 e. The van der Waals surface area contributed by atoms with Gasteiger partial charge in [0.25, 0.3) is 0 Å². The third-order valence-electron chi connectivity index (χ3n) is 6.09. The monoisotopic (exact) mass is 465 g/mol. The highest BCUT2D eigenvalue weighted by Gasteiger charge is 2.29. The molecule has 2 fully saturated rings. The van der Waals surface area contributed by atoms with Gasteiger partial charge in [-0.05, 0) is 31.2 Å². The van der Waals surface area contributed by atoms with Crippen LogP contribution in [0.1, 0.15) is 29.1 Å². The van der Waals surface area contributed by atoms with E-state index in [0.29, 0.717) is 18.8 Å². The van der Waals surface area contributed by atoms with E-state index < -0.39 is 9.84 Å². The van der Waals surface area contributed by atoms with Crippen molar-refractivity contribution in [2.75, 3.05) is 49.7 Å². The number of hydrogen-bond acceptors (Lipinski definition) is 9. The molecule has 0 bridgehead atoms. The summed E-state index contributed by atoms with van der Waals surface area (Å²) in [6.45, 7) is 3.87. The SMILES string of the molecule is O=C(CNc1nc(CN2CCOCC2)nc2sc3c(c12)CCC3)N[C@@H]1CCS(=O)(=O)C1. The van der Waals surface area contributed by atoms with E-state index in [2.05, 4.69) is 15.5 Å². The van der Waals surface area contributed by atoms with Crippen LogP contribution >= 0.6 is 11.3 Å². The molecule has 1 atom stereocenters. The smallest absolute Gasteiger partial charge is 0.239 e. The fourth-order valence-electron chi connectivity index (χ4n) is 4.55. The van der Waals surface area contributed by atoms with Gasteiger partial charge in [-0.2, -0.15) is 0 Å². The number of morpholine rings is 1. The number of fused-ring (bicyclic) bond motifs is 3. The van der Waals surface area contributed by atoms with Crippen molar-refractivity contribution in [2.24, 2.45) is 0 Å². The number of nitrogens with one attached hydrogen (secondary N) is 2. The number of rotatable bonds is 6. The van der Waals surface area contributed by atoms with Gasteiger partial charge in [-0.15, -0.1) is 11.3 Å². The Morgan fingerprint density at radius 3 is 2.84 bits per heavy atom. The van der Waals surface area contributed by atoms with E-state index in [1.165, 1.54) is 10.4 Å². The molecule has 2 aromatic heterocycles. The largest absolute Gasteiger partial charge is 0.379 e. The molecule has 0 aromatic carbocycles. The maximum absolute atomic E-state index is 12.5. The van der Waals surface area contributed by atoms with Crippen LogP contribution in [0.3, 0.4) is 0 Å². The van der Waals surface area contributed by atoms with Crippen molar-refractivity contribution in [1.82, 2.24) is 20.2 Å². The predicted octanol–water partition coefficient (Wildman–Crippen LogP) is 0.727. The molecule has 2 aliphatic heterocycles. The first-order valence-corrected chi connectivity index (χ1v) is 13.5. The van der Waals surface area contributed by atoms with Crippen molar-refractivity contribution in [3.63, 3.8) is 0 Å². The normalized spacial score (nSPS) is 23.2. The molecule has 0 saturated carbocycles. The minimum absolute atomic E-state index is 0.0260. The lowest BCUT2D eigenvalue weighted by atomic mass is 10.2. The van der Waals surface area contributed by atoms with Gasteiger partial charge in [-0.1, -0.05) is 0 Å². The van der Waals surface area contributed by atoms with Gasteiger partial charge in [0.1, 0.15) is 16.5 Å². The van der Waals surface area contributed by atoms with Crippen molar-refractivity contribution in [1.29, 1.82) is 0 Å². The van der Waals surface area contributed by atoms with Gasteiger partial charge in [0, 0.05) is 24.0 Å². The molecule has 0 radical (unpaired) electrons. The van der Waals surface area contributed by atoms with E-state index in [-0.39, 0.29) is 30.0 Å². The summed E-state index contributed by atoms with van der Waals surface area (Å²) in [6.07, 6.45) is 3.71. The van der Waals surface area contributed by atoms with Gasteiger partial charge in [0.2, 0.25) is 5.91 Å². The molecule has 0 spiro atoms. The third kappa shape index (κ3) is 4.69. The Hall–Kier alpha value is -1.82. The summed E-state index contributed by atoms with van der Waals surface area (Å²) in [5.74, 6) is 1.42. The molecule has 31 heavy (non-hydrogen) atoms. The second-order valence-electron chi connectivity index (χ2n) is 8.44. The van der Waals surface area contributed by atoms with Gasteiger partial charge < -0.3 is 15.4 Å². The molecular weight excluding hydrogens is 438 g/mol. The number of anilines is 1. The number of nitrogens with zero attached hydrogens (tertiary/aromatic N) is 3. The second-order valence-corrected chi connectivity index (χ2v) is 11.7. The second kappa shape index (κ2) is 8.61. The summed E-state index contributed by atoms with van der Waals surface area (Å²) in [5, 5.41) is 7.10. The van der Waals surface area contributed by atoms with E-state index in [1.54, 1.807) is 11.3 Å². The van der Waals surface area contributed by atoms with Crippen molar-refractivity contribution < 1.29 is 17.9 Å². The number of amides is 1. The first-order chi connectivity index (χ1) is 15.0. The highest BCUT2D eigenvalue weighted by atomic mass is 32.2. The standard InChI is InChI=1S/C20H27N5O4S2/c26-17(22-13-4-9-31(27,28)12-13)10-21-19-18-14-2-1-3-15(14)30-20(18)24-16(23-19)11-25-5-7-29-8-6-25/h13H,1-12H2,(H,22,26)(H,21,23,24)/t13-/m1/s1. The van der Waals surface area contributed by atoms with Crippen LogP contribution in [-0.2, 0) is 38.8 Å². The Morgan fingerprint density at radius 1 is 1.23 bits per heavy atom. The van der Waals surface area contributed by atoms with Gasteiger partial charge in [0.05, 0.1) is 43.2 Å². The van der Waals surface area contributed by atoms with Gasteiger partial charge in [-0.3, -0.25) is 9.69 Å². The van der Waals surface area contributed by atoms with Crippen LogP contribution in [0, 0.1) is 0 Å². The predicted molar refractivity (Wildman–Crippen MR) is 119 cm³/mol. The average molecular weight is 466 g/mol. The molecule has 1 amide bonds. The molecule has 3 aliphatic rings. The van der Waals surface area contributed by atoms with Crippen molar-refractivity contribution >= 4 is 43.1 Å². The molecule has 2 saturated heterocycles. The van der Waals surface area contributed by atoms with E-state index in [0.717, 1.165) is 61.6 Å². The highest BCUT2D eigenvalue weighted by molar-refractivity contribution is 7.91. The van der Waals surface area contributed by atoms with Crippen molar-refractivity contribution in [3.8, 4) is 0 Å². The molecule has 2 N–H and O–H groups in total. The Bertz CT molecular complexity index is 1090. The van der Waals surface area contributed by atoms with Crippen LogP contribution in [0.4, 0.5) is 5.82 Å². The summed E-state index contributed by atoms with van der Waals surface area (Å²) in [4.78, 5) is 26.7. The average Bonchev–Trinajstić information content (AvgIpc) is 3.41. The Labute approximate surface area is 185 Å². The molecule has 9 nitrogen and oxygen atoms in total. The lowest BCUT2D eigenvalue weighted by Crippen LogP contribution is -2.39. The van der Waals surface area contributed by atoms with Crippen LogP contribution in [0.25, 0.3) is 10.2 Å². The first-order valence-electron chi connectivity index (χ1n) is 10.8. The number of aromatic nitrogens is 2. The van der Waals surface area contributed by atoms with Crippen LogP contribution in [0.2, 0.25) is 0 Å². The summed E-state index contributed by atoms with van der Waals surface area (Å²) >= 11 is 1.74. The van der Waals surface area contributed by atoms with Crippen molar-refractivity contribution in [2.45, 2.75) is 38.3 Å². The molecule has 168 valence electrons. The van der Waals surface area contributed by atoms with Gasteiger partial charge >= 0.3 is 0 Å². The number of ether oxygens (including phenoxy) is 1. The minimum Gasteiger partial charge on any atom is -0.379 e. The Morgan fingerprint density at radius 2 is 2.06 bits per heavy atom. The Balaban J connectivity index is 1.33. The molecule has 0 unspecified atom stereocenters. The van der Waals surface area contributed by atoms with Gasteiger partial charge in [0.15, 0.2) is 9.84 Å². The molecule has 1 aliphatic carbocycles. The van der Waals surface area contributed by atoms with E-state index in [4.69, 9.17) is 14.7 Å².